The Morgan fingerprint density at radius 3 is 2.39 bits per heavy atom. The highest BCUT2D eigenvalue weighted by Gasteiger charge is 2.06. The van der Waals surface area contributed by atoms with E-state index in [1.165, 1.54) is 31.2 Å². The van der Waals surface area contributed by atoms with Gasteiger partial charge in [0.1, 0.15) is 0 Å². The van der Waals surface area contributed by atoms with Crippen LogP contribution in [0.3, 0.4) is 0 Å². The Morgan fingerprint density at radius 1 is 1.11 bits per heavy atom. The third-order valence-electron chi connectivity index (χ3n) is 3.40. The predicted molar refractivity (Wildman–Crippen MR) is 82.6 cm³/mol. The first-order valence-corrected chi connectivity index (χ1v) is 7.20. The zero-order valence-electron chi connectivity index (χ0n) is 11.9. The molecule has 1 rings (SSSR count). The quantitative estimate of drug-likeness (QED) is 0.387. The van der Waals surface area contributed by atoms with Crippen molar-refractivity contribution in [2.45, 2.75) is 52.4 Å². The lowest BCUT2D eigenvalue weighted by Gasteiger charge is -2.14. The van der Waals surface area contributed by atoms with Gasteiger partial charge in [-0.1, -0.05) is 68.7 Å². The number of hydrogen-bond acceptors (Lipinski definition) is 0. The number of unbranched alkanes of at least 4 members (excludes halogenated alkanes) is 2. The van der Waals surface area contributed by atoms with Gasteiger partial charge in [0, 0.05) is 0 Å². The molecule has 0 bridgehead atoms. The summed E-state index contributed by atoms with van der Waals surface area (Å²) >= 11 is 0. The van der Waals surface area contributed by atoms with E-state index < -0.39 is 0 Å². The highest BCUT2D eigenvalue weighted by atomic mass is 14.1. The third-order valence-corrected chi connectivity index (χ3v) is 3.40. The van der Waals surface area contributed by atoms with Crippen molar-refractivity contribution in [2.75, 3.05) is 0 Å². The van der Waals surface area contributed by atoms with Crippen molar-refractivity contribution < 1.29 is 0 Å². The largest absolute Gasteiger partial charge is 0.103 e. The Hall–Kier alpha value is -1.30. The van der Waals surface area contributed by atoms with Crippen molar-refractivity contribution in [1.29, 1.82) is 0 Å². The fraction of sp³-hybridized carbons (Fsp3) is 0.444. The van der Waals surface area contributed by atoms with Crippen molar-refractivity contribution in [3.05, 3.63) is 54.1 Å². The van der Waals surface area contributed by atoms with E-state index in [2.05, 4.69) is 50.8 Å². The maximum absolute atomic E-state index is 3.89. The van der Waals surface area contributed by atoms with Gasteiger partial charge >= 0.3 is 0 Å². The van der Waals surface area contributed by atoms with E-state index in [1.54, 1.807) is 11.1 Å². The lowest BCUT2D eigenvalue weighted by Crippen LogP contribution is -1.92. The molecule has 98 valence electrons. The molecule has 0 atom stereocenters. The molecule has 0 amide bonds. The van der Waals surface area contributed by atoms with Crippen LogP contribution < -0.4 is 0 Å². The summed E-state index contributed by atoms with van der Waals surface area (Å²) in [6.07, 6.45) is 9.28. The zero-order chi connectivity index (χ0) is 13.2. The molecular formula is C18H26. The summed E-state index contributed by atoms with van der Waals surface area (Å²) in [5.41, 5.74) is 4.49. The summed E-state index contributed by atoms with van der Waals surface area (Å²) in [5, 5.41) is 0. The van der Waals surface area contributed by atoms with Crippen LogP contribution in [0, 0.1) is 0 Å². The van der Waals surface area contributed by atoms with Crippen LogP contribution in [0.1, 0.15) is 57.9 Å². The summed E-state index contributed by atoms with van der Waals surface area (Å²) in [5.74, 6) is 0. The predicted octanol–water partition coefficient (Wildman–Crippen LogP) is 6.01. The van der Waals surface area contributed by atoms with E-state index in [-0.39, 0.29) is 0 Å². The van der Waals surface area contributed by atoms with E-state index in [4.69, 9.17) is 0 Å². The van der Waals surface area contributed by atoms with Crippen molar-refractivity contribution in [3.63, 3.8) is 0 Å². The van der Waals surface area contributed by atoms with E-state index in [0.717, 1.165) is 12.8 Å². The Bertz CT molecular complexity index is 370. The second-order valence-electron chi connectivity index (χ2n) is 4.75. The molecule has 0 saturated heterocycles. The first-order chi connectivity index (χ1) is 8.83. The number of allylic oxidation sites excluding steroid dienone is 3. The minimum absolute atomic E-state index is 1.02. The molecule has 0 N–H and O–H groups in total. The fourth-order valence-corrected chi connectivity index (χ4v) is 2.37. The van der Waals surface area contributed by atoms with E-state index in [0.29, 0.717) is 0 Å². The Labute approximate surface area is 112 Å². The van der Waals surface area contributed by atoms with Crippen LogP contribution in [-0.4, -0.2) is 0 Å². The van der Waals surface area contributed by atoms with Gasteiger partial charge in [0.25, 0.3) is 0 Å². The molecule has 0 aromatic heterocycles. The van der Waals surface area contributed by atoms with Gasteiger partial charge in [-0.25, -0.2) is 0 Å². The van der Waals surface area contributed by atoms with Gasteiger partial charge in [-0.15, -0.1) is 6.58 Å². The van der Waals surface area contributed by atoms with Gasteiger partial charge < -0.3 is 0 Å². The normalized spacial score (nSPS) is 12.1. The number of rotatable bonds is 8. The molecule has 0 aliphatic carbocycles. The van der Waals surface area contributed by atoms with Crippen LogP contribution in [0.5, 0.6) is 0 Å². The first kappa shape index (κ1) is 14.8. The molecule has 0 radical (unpaired) electrons. The average molecular weight is 242 g/mol. The minimum atomic E-state index is 1.02. The molecule has 18 heavy (non-hydrogen) atoms. The van der Waals surface area contributed by atoms with Crippen LogP contribution in [0.2, 0.25) is 0 Å². The molecule has 0 aliphatic rings. The van der Waals surface area contributed by atoms with Crippen LogP contribution in [0.4, 0.5) is 0 Å². The molecule has 0 heterocycles. The van der Waals surface area contributed by atoms with E-state index in [1.807, 2.05) is 6.08 Å². The van der Waals surface area contributed by atoms with Crippen molar-refractivity contribution >= 4 is 5.57 Å². The maximum Gasteiger partial charge on any atom is -0.0136 e. The van der Waals surface area contributed by atoms with E-state index >= 15 is 0 Å². The maximum atomic E-state index is 3.89. The first-order valence-electron chi connectivity index (χ1n) is 7.20. The zero-order valence-corrected chi connectivity index (χ0v) is 11.9. The summed E-state index contributed by atoms with van der Waals surface area (Å²) in [6, 6.07) is 10.8. The minimum Gasteiger partial charge on any atom is -0.103 e. The molecule has 0 heteroatoms. The second-order valence-corrected chi connectivity index (χ2v) is 4.75. The van der Waals surface area contributed by atoms with Gasteiger partial charge in [-0.3, -0.25) is 0 Å². The highest BCUT2D eigenvalue weighted by Crippen LogP contribution is 2.28. The van der Waals surface area contributed by atoms with Crippen molar-refractivity contribution in [3.8, 4) is 0 Å². The molecular weight excluding hydrogens is 216 g/mol. The molecule has 1 aromatic rings. The SMILES string of the molecule is C=CC/C(CC)=C(/CCCCC)c1ccccc1. The lowest BCUT2D eigenvalue weighted by molar-refractivity contribution is 0.732. The lowest BCUT2D eigenvalue weighted by atomic mass is 9.92. The number of benzene rings is 1. The van der Waals surface area contributed by atoms with Crippen LogP contribution in [0.25, 0.3) is 5.57 Å². The third kappa shape index (κ3) is 4.52. The topological polar surface area (TPSA) is 0 Å². The molecule has 1 aromatic carbocycles. The Kier molecular flexibility index (Phi) is 7.17. The Morgan fingerprint density at radius 2 is 1.83 bits per heavy atom. The summed E-state index contributed by atoms with van der Waals surface area (Å²) in [4.78, 5) is 0. The summed E-state index contributed by atoms with van der Waals surface area (Å²) in [7, 11) is 0. The van der Waals surface area contributed by atoms with Gasteiger partial charge in [0.05, 0.1) is 0 Å². The molecule has 0 unspecified atom stereocenters. The van der Waals surface area contributed by atoms with Gasteiger partial charge in [0.15, 0.2) is 0 Å². The summed E-state index contributed by atoms with van der Waals surface area (Å²) in [6.45, 7) is 8.40. The van der Waals surface area contributed by atoms with Gasteiger partial charge in [-0.05, 0) is 36.8 Å². The van der Waals surface area contributed by atoms with Crippen molar-refractivity contribution in [2.24, 2.45) is 0 Å². The Balaban J connectivity index is 2.96. The van der Waals surface area contributed by atoms with Crippen LogP contribution in [0.15, 0.2) is 48.6 Å². The molecule has 0 fully saturated rings. The molecule has 0 nitrogen and oxygen atoms in total. The molecule has 0 spiro atoms. The number of hydrogen-bond donors (Lipinski definition) is 0. The fourth-order valence-electron chi connectivity index (χ4n) is 2.37. The smallest absolute Gasteiger partial charge is 0.0136 e. The second kappa shape index (κ2) is 8.74. The summed E-state index contributed by atoms with van der Waals surface area (Å²) < 4.78 is 0. The van der Waals surface area contributed by atoms with Gasteiger partial charge in [-0.2, -0.15) is 0 Å². The monoisotopic (exact) mass is 242 g/mol. The van der Waals surface area contributed by atoms with Crippen LogP contribution in [-0.2, 0) is 0 Å². The van der Waals surface area contributed by atoms with Gasteiger partial charge in [0.2, 0.25) is 0 Å². The molecule has 0 aliphatic heterocycles. The van der Waals surface area contributed by atoms with Crippen molar-refractivity contribution in [1.82, 2.24) is 0 Å². The standard InChI is InChI=1S/C18H26/c1-4-7-9-15-18(16(6-3)12-5-2)17-13-10-8-11-14-17/h5,8,10-11,13-14H,2,4,6-7,9,12,15H2,1,3H3/b18-16-. The van der Waals surface area contributed by atoms with E-state index in [9.17, 15) is 0 Å². The van der Waals surface area contributed by atoms with Crippen LogP contribution >= 0.6 is 0 Å². The molecule has 0 saturated carbocycles. The average Bonchev–Trinajstić information content (AvgIpc) is 2.43. The highest BCUT2D eigenvalue weighted by molar-refractivity contribution is 5.68.